The van der Waals surface area contributed by atoms with E-state index >= 15 is 0 Å². The third-order valence-corrected chi connectivity index (χ3v) is 9.54. The van der Waals surface area contributed by atoms with Crippen LogP contribution in [0.5, 0.6) is 17.2 Å². The van der Waals surface area contributed by atoms with Crippen LogP contribution in [-0.2, 0) is 13.0 Å². The Morgan fingerprint density at radius 3 is 2.70 bits per heavy atom. The first-order valence-corrected chi connectivity index (χ1v) is 16.6. The van der Waals surface area contributed by atoms with E-state index in [0.717, 1.165) is 64.3 Å². The fourth-order valence-corrected chi connectivity index (χ4v) is 7.14. The van der Waals surface area contributed by atoms with E-state index in [1.165, 1.54) is 48.6 Å². The van der Waals surface area contributed by atoms with Gasteiger partial charge in [0.2, 0.25) is 0 Å². The lowest BCUT2D eigenvalue weighted by molar-refractivity contribution is -0.0352. The van der Waals surface area contributed by atoms with Gasteiger partial charge >= 0.3 is 0 Å². The van der Waals surface area contributed by atoms with E-state index in [1.807, 2.05) is 40.1 Å². The Morgan fingerprint density at radius 2 is 1.96 bits per heavy atom. The van der Waals surface area contributed by atoms with Crippen LogP contribution >= 0.6 is 12.4 Å². The number of ether oxygens (including phenoxy) is 2. The number of anilines is 1. The maximum atomic E-state index is 14.3. The number of carbonyl (C=O) groups is 1. The first-order chi connectivity index (χ1) is 22.3. The van der Waals surface area contributed by atoms with Crippen molar-refractivity contribution in [3.05, 3.63) is 65.6 Å². The zero-order chi connectivity index (χ0) is 32.3. The van der Waals surface area contributed by atoms with Crippen molar-refractivity contribution in [3.63, 3.8) is 0 Å². The van der Waals surface area contributed by atoms with Crippen molar-refractivity contribution in [2.24, 2.45) is 5.41 Å². The summed E-state index contributed by atoms with van der Waals surface area (Å²) in [6.07, 6.45) is 10.5. The molecule has 2 aliphatic heterocycles. The summed E-state index contributed by atoms with van der Waals surface area (Å²) >= 11 is 0. The van der Waals surface area contributed by atoms with Crippen LogP contribution in [0.3, 0.4) is 0 Å². The second-order valence-corrected chi connectivity index (χ2v) is 13.2. The Bertz CT molecular complexity index is 1530. The number of benzene rings is 1. The lowest BCUT2D eigenvalue weighted by Crippen LogP contribution is -2.65. The van der Waals surface area contributed by atoms with E-state index in [1.54, 1.807) is 11.1 Å². The third-order valence-electron chi connectivity index (χ3n) is 9.54. The van der Waals surface area contributed by atoms with Crippen molar-refractivity contribution in [2.45, 2.75) is 71.6 Å². The lowest BCUT2D eigenvalue weighted by Gasteiger charge is -2.59. The maximum Gasteiger partial charge on any atom is 0.257 e. The van der Waals surface area contributed by atoms with Gasteiger partial charge in [-0.15, -0.1) is 12.4 Å². The van der Waals surface area contributed by atoms with Gasteiger partial charge in [-0.05, 0) is 90.9 Å². The molecular formula is C35H47ClFN7O3. The maximum absolute atomic E-state index is 14.3. The van der Waals surface area contributed by atoms with Gasteiger partial charge in [-0.2, -0.15) is 0 Å². The number of halogens is 2. The summed E-state index contributed by atoms with van der Waals surface area (Å²) in [5, 5.41) is 3.23. The number of pyridine rings is 1. The molecule has 12 heteroatoms. The minimum Gasteiger partial charge on any atom is -0.490 e. The molecule has 1 saturated heterocycles. The molecule has 254 valence electrons. The van der Waals surface area contributed by atoms with Gasteiger partial charge in [-0.3, -0.25) is 14.7 Å². The Balaban J connectivity index is 0.00000433. The zero-order valence-electron chi connectivity index (χ0n) is 27.9. The number of nitrogens with one attached hydrogen (secondary N) is 1. The number of carbonyl (C=O) groups excluding carboxylic acids is 1. The van der Waals surface area contributed by atoms with Crippen LogP contribution in [-0.4, -0.2) is 89.1 Å². The summed E-state index contributed by atoms with van der Waals surface area (Å²) in [5.74, 6) is 1.61. The van der Waals surface area contributed by atoms with Crippen molar-refractivity contribution >= 4 is 24.1 Å². The molecule has 3 aromatic rings. The van der Waals surface area contributed by atoms with Crippen molar-refractivity contribution in [3.8, 4) is 17.2 Å². The second kappa shape index (κ2) is 15.1. The van der Waals surface area contributed by atoms with E-state index in [9.17, 15) is 9.18 Å². The number of hydrogen-bond acceptors (Lipinski definition) is 9. The molecule has 0 unspecified atom stereocenters. The summed E-state index contributed by atoms with van der Waals surface area (Å²) in [7, 11) is 2.00. The number of amides is 1. The topological polar surface area (TPSA) is 96.0 Å². The molecule has 0 bridgehead atoms. The summed E-state index contributed by atoms with van der Waals surface area (Å²) < 4.78 is 27.1. The minimum absolute atomic E-state index is 0. The summed E-state index contributed by atoms with van der Waals surface area (Å²) in [4.78, 5) is 33.1. The van der Waals surface area contributed by atoms with Crippen molar-refractivity contribution < 1.29 is 18.7 Å². The summed E-state index contributed by atoms with van der Waals surface area (Å²) in [6.45, 7) is 12.1. The van der Waals surface area contributed by atoms with Crippen LogP contribution < -0.4 is 19.7 Å². The number of fused-ring (bicyclic) bond motifs is 1. The normalized spacial score (nSPS) is 17.0. The lowest BCUT2D eigenvalue weighted by atomic mass is 9.61. The average molecular weight is 668 g/mol. The van der Waals surface area contributed by atoms with Gasteiger partial charge < -0.3 is 24.6 Å². The molecule has 1 spiro atoms. The molecule has 0 radical (unpaired) electrons. The van der Waals surface area contributed by atoms with Gasteiger partial charge in [0.15, 0.2) is 11.6 Å². The fraction of sp³-hybridized carbons (Fsp3) is 0.543. The van der Waals surface area contributed by atoms with E-state index in [2.05, 4.69) is 30.1 Å². The van der Waals surface area contributed by atoms with Crippen LogP contribution in [0.4, 0.5) is 10.2 Å². The molecule has 10 nitrogen and oxygen atoms in total. The van der Waals surface area contributed by atoms with Crippen LogP contribution in [0.15, 0.2) is 43.0 Å². The standard InChI is InChI=1S/C35H46FN7O3.ClH/c1-5-43(24(2)3)34(44)27-16-25(36)8-9-30(27)46-32-19-38-23-40-33(32)42-21-35(22-42)17-26(18-35)45-31-10-13-39-29-11-15-41(20-28(29)31)14-7-6-12-37-4;/h8-10,13,16,19,23-24,26,37H,5-7,11-12,14-15,17-18,20-22H2,1-4H3;1H. The van der Waals surface area contributed by atoms with E-state index < -0.39 is 5.82 Å². The molecule has 1 amide bonds. The average Bonchev–Trinajstić information content (AvgIpc) is 3.01. The number of nitrogens with zero attached hydrogens (tertiary/aromatic N) is 6. The Morgan fingerprint density at radius 1 is 1.15 bits per heavy atom. The molecule has 4 heterocycles. The largest absolute Gasteiger partial charge is 0.490 e. The zero-order valence-corrected chi connectivity index (χ0v) is 28.7. The van der Waals surface area contributed by atoms with Crippen molar-refractivity contribution in [1.29, 1.82) is 0 Å². The molecule has 6 rings (SSSR count). The highest BCUT2D eigenvalue weighted by molar-refractivity contribution is 5.97. The first kappa shape index (κ1) is 34.8. The van der Waals surface area contributed by atoms with Gasteiger partial charge in [-0.25, -0.2) is 14.4 Å². The number of rotatable bonds is 13. The summed E-state index contributed by atoms with van der Waals surface area (Å²) in [6, 6.07) is 6.04. The van der Waals surface area contributed by atoms with Gasteiger partial charge in [-0.1, -0.05) is 0 Å². The molecule has 1 aromatic carbocycles. The van der Waals surface area contributed by atoms with Crippen LogP contribution in [0.25, 0.3) is 0 Å². The third kappa shape index (κ3) is 7.63. The van der Waals surface area contributed by atoms with Gasteiger partial charge in [0.05, 0.1) is 11.8 Å². The first-order valence-electron chi connectivity index (χ1n) is 16.6. The molecule has 1 aliphatic carbocycles. The highest BCUT2D eigenvalue weighted by atomic mass is 35.5. The van der Waals surface area contributed by atoms with Gasteiger partial charge in [0.1, 0.15) is 29.7 Å². The van der Waals surface area contributed by atoms with Crippen LogP contribution in [0.1, 0.15) is 68.1 Å². The fourth-order valence-electron chi connectivity index (χ4n) is 7.14. The molecular weight excluding hydrogens is 621 g/mol. The monoisotopic (exact) mass is 667 g/mol. The smallest absolute Gasteiger partial charge is 0.257 e. The van der Waals surface area contributed by atoms with E-state index in [0.29, 0.717) is 18.1 Å². The predicted octanol–water partition coefficient (Wildman–Crippen LogP) is 5.50. The number of aromatic nitrogens is 3. The molecule has 2 fully saturated rings. The van der Waals surface area contributed by atoms with Gasteiger partial charge in [0, 0.05) is 68.1 Å². The Hall–Kier alpha value is -3.54. The SMILES string of the molecule is CCN(C(=O)c1cc(F)ccc1Oc1cncnc1N1CC2(CC(Oc3ccnc4c3CN(CCCCNC)CC4)C2)C1)C(C)C.Cl. The van der Waals surface area contributed by atoms with Gasteiger partial charge in [0.25, 0.3) is 5.91 Å². The molecule has 47 heavy (non-hydrogen) atoms. The van der Waals surface area contributed by atoms with E-state index in [-0.39, 0.29) is 47.2 Å². The highest BCUT2D eigenvalue weighted by Gasteiger charge is 2.54. The molecule has 1 N–H and O–H groups in total. The number of unbranched alkanes of at least 4 members (excludes halogenated alkanes) is 1. The Kier molecular flexibility index (Phi) is 11.2. The Labute approximate surface area is 283 Å². The van der Waals surface area contributed by atoms with E-state index in [4.69, 9.17) is 9.47 Å². The van der Waals surface area contributed by atoms with Crippen LogP contribution in [0.2, 0.25) is 0 Å². The highest BCUT2D eigenvalue weighted by Crippen LogP contribution is 2.52. The summed E-state index contributed by atoms with van der Waals surface area (Å²) in [5.41, 5.74) is 2.77. The molecule has 0 atom stereocenters. The van der Waals surface area contributed by atoms with Crippen molar-refractivity contribution in [1.82, 2.24) is 30.1 Å². The second-order valence-electron chi connectivity index (χ2n) is 13.2. The molecule has 3 aliphatic rings. The minimum atomic E-state index is -0.490. The number of hydrogen-bond donors (Lipinski definition) is 1. The predicted molar refractivity (Wildman–Crippen MR) is 182 cm³/mol. The quantitative estimate of drug-likeness (QED) is 0.237. The molecule has 1 saturated carbocycles. The van der Waals surface area contributed by atoms with Crippen LogP contribution in [0, 0.1) is 11.2 Å². The molecule has 2 aromatic heterocycles. The van der Waals surface area contributed by atoms with Crippen molar-refractivity contribution in [2.75, 3.05) is 51.2 Å².